The molecule has 3 heteroatoms. The van der Waals surface area contributed by atoms with E-state index in [1.54, 1.807) is 11.9 Å². The molecule has 1 saturated carbocycles. The van der Waals surface area contributed by atoms with E-state index < -0.39 is 0 Å². The van der Waals surface area contributed by atoms with E-state index in [1.165, 1.54) is 0 Å². The molecule has 3 nitrogen and oxygen atoms in total. The van der Waals surface area contributed by atoms with Crippen LogP contribution in [0.4, 0.5) is 0 Å². The molecule has 0 N–H and O–H groups in total. The molecule has 1 saturated heterocycles. The molecule has 1 heterocycles. The summed E-state index contributed by atoms with van der Waals surface area (Å²) in [6.07, 6.45) is 1.73. The fourth-order valence-electron chi connectivity index (χ4n) is 1.78. The lowest BCUT2D eigenvalue weighted by Gasteiger charge is -2.10. The number of carbonyl (C=O) groups is 2. The molecule has 0 spiro atoms. The molecule has 0 bridgehead atoms. The van der Waals surface area contributed by atoms with Crippen LogP contribution in [0.3, 0.4) is 0 Å². The summed E-state index contributed by atoms with van der Waals surface area (Å²) < 4.78 is 0. The number of piperidine rings is 1. The first-order valence-corrected chi connectivity index (χ1v) is 3.41. The highest BCUT2D eigenvalue weighted by Gasteiger charge is 2.64. The van der Waals surface area contributed by atoms with E-state index in [-0.39, 0.29) is 17.2 Å². The summed E-state index contributed by atoms with van der Waals surface area (Å²) in [5.41, 5.74) is -0.258. The van der Waals surface area contributed by atoms with Crippen LogP contribution in [0.2, 0.25) is 0 Å². The minimum absolute atomic E-state index is 0.0370. The van der Waals surface area contributed by atoms with Gasteiger partial charge in [-0.25, -0.2) is 0 Å². The second kappa shape index (κ2) is 1.41. The fraction of sp³-hybridized carbons (Fsp3) is 0.714. The summed E-state index contributed by atoms with van der Waals surface area (Å²) in [5.74, 6) is 0.182. The second-order valence-electron chi connectivity index (χ2n) is 3.30. The molecule has 2 atom stereocenters. The Morgan fingerprint density at radius 1 is 1.80 bits per heavy atom. The monoisotopic (exact) mass is 139 g/mol. The van der Waals surface area contributed by atoms with Crippen molar-refractivity contribution in [2.24, 2.45) is 11.3 Å². The molecule has 0 radical (unpaired) electrons. The van der Waals surface area contributed by atoms with Gasteiger partial charge in [-0.2, -0.15) is 0 Å². The molecule has 1 aliphatic carbocycles. The molecule has 2 aliphatic rings. The molecular weight excluding hydrogens is 130 g/mol. The highest BCUT2D eigenvalue weighted by molar-refractivity contribution is 5.92. The van der Waals surface area contributed by atoms with E-state index >= 15 is 0 Å². The van der Waals surface area contributed by atoms with E-state index in [9.17, 15) is 9.59 Å². The molecule has 0 unspecified atom stereocenters. The van der Waals surface area contributed by atoms with Crippen molar-refractivity contribution >= 4 is 12.2 Å². The van der Waals surface area contributed by atoms with Crippen LogP contribution in [-0.2, 0) is 9.59 Å². The van der Waals surface area contributed by atoms with Crippen LogP contribution in [0, 0.1) is 11.3 Å². The van der Waals surface area contributed by atoms with Crippen LogP contribution in [0.5, 0.6) is 0 Å². The molecule has 0 aromatic rings. The van der Waals surface area contributed by atoms with Crippen LogP contribution < -0.4 is 0 Å². The zero-order valence-electron chi connectivity index (χ0n) is 5.83. The molecule has 1 aliphatic heterocycles. The Balaban J connectivity index is 2.25. The Kier molecular flexibility index (Phi) is 0.832. The number of amides is 1. The van der Waals surface area contributed by atoms with Crippen LogP contribution in [0.25, 0.3) is 0 Å². The van der Waals surface area contributed by atoms with Crippen LogP contribution in [0.1, 0.15) is 6.42 Å². The summed E-state index contributed by atoms with van der Waals surface area (Å²) >= 11 is 0. The fourth-order valence-corrected chi connectivity index (χ4v) is 1.78. The van der Waals surface area contributed by atoms with Crippen LogP contribution in [0.15, 0.2) is 0 Å². The van der Waals surface area contributed by atoms with Gasteiger partial charge in [-0.1, -0.05) is 0 Å². The van der Waals surface area contributed by atoms with Crippen molar-refractivity contribution in [3.8, 4) is 0 Å². The molecule has 0 aromatic heterocycles. The molecule has 2 rings (SSSR count). The Labute approximate surface area is 59.0 Å². The lowest BCUT2D eigenvalue weighted by atomic mass is 10.1. The lowest BCUT2D eigenvalue weighted by Crippen LogP contribution is -2.24. The quantitative estimate of drug-likeness (QED) is 0.466. The van der Waals surface area contributed by atoms with Crippen molar-refractivity contribution in [1.29, 1.82) is 0 Å². The van der Waals surface area contributed by atoms with Gasteiger partial charge in [-0.15, -0.1) is 0 Å². The van der Waals surface area contributed by atoms with Crippen molar-refractivity contribution in [2.75, 3.05) is 13.6 Å². The van der Waals surface area contributed by atoms with Gasteiger partial charge in [0.1, 0.15) is 6.29 Å². The lowest BCUT2D eigenvalue weighted by molar-refractivity contribution is -0.128. The maximum absolute atomic E-state index is 11.1. The maximum Gasteiger partial charge on any atom is 0.226 e. The molecular formula is C7H9NO2. The summed E-state index contributed by atoms with van der Waals surface area (Å²) in [7, 11) is 1.75. The van der Waals surface area contributed by atoms with E-state index in [0.717, 1.165) is 12.7 Å². The SMILES string of the molecule is CN1C[C@]2(C=O)C[C@@H]2C1=O. The average molecular weight is 139 g/mol. The normalized spacial score (nSPS) is 43.5. The Bertz CT molecular complexity index is 214. The highest BCUT2D eigenvalue weighted by Crippen LogP contribution is 2.56. The summed E-state index contributed by atoms with van der Waals surface area (Å²) in [6, 6.07) is 0. The predicted molar refractivity (Wildman–Crippen MR) is 34.2 cm³/mol. The highest BCUT2D eigenvalue weighted by atomic mass is 16.2. The standard InChI is InChI=1S/C7H9NO2/c1-8-3-7(4-9)2-5(7)6(8)10/h4-5H,2-3H2,1H3/t5-,7+/m1/s1. The van der Waals surface area contributed by atoms with Gasteiger partial charge >= 0.3 is 0 Å². The van der Waals surface area contributed by atoms with Gasteiger partial charge in [0.25, 0.3) is 0 Å². The van der Waals surface area contributed by atoms with Gasteiger partial charge in [0.05, 0.1) is 11.3 Å². The predicted octanol–water partition coefficient (Wildman–Crippen LogP) is -0.336. The topological polar surface area (TPSA) is 37.4 Å². The average Bonchev–Trinajstić information content (AvgIpc) is 2.57. The molecule has 1 amide bonds. The number of likely N-dealkylation sites (tertiary alicyclic amines) is 1. The number of carbonyl (C=O) groups excluding carboxylic acids is 2. The third kappa shape index (κ3) is 0.462. The Morgan fingerprint density at radius 2 is 2.50 bits per heavy atom. The van der Waals surface area contributed by atoms with E-state index in [4.69, 9.17) is 0 Å². The first-order chi connectivity index (χ1) is 4.69. The maximum atomic E-state index is 11.1. The molecule has 54 valence electrons. The van der Waals surface area contributed by atoms with Gasteiger partial charge < -0.3 is 9.69 Å². The third-order valence-corrected chi connectivity index (χ3v) is 2.56. The first-order valence-electron chi connectivity index (χ1n) is 3.41. The van der Waals surface area contributed by atoms with E-state index in [1.807, 2.05) is 0 Å². The summed E-state index contributed by atoms with van der Waals surface area (Å²) in [5, 5.41) is 0. The van der Waals surface area contributed by atoms with Crippen molar-refractivity contribution in [2.45, 2.75) is 6.42 Å². The van der Waals surface area contributed by atoms with Crippen molar-refractivity contribution in [3.05, 3.63) is 0 Å². The zero-order valence-corrected chi connectivity index (χ0v) is 5.83. The molecule has 0 aromatic carbocycles. The van der Waals surface area contributed by atoms with Crippen LogP contribution >= 0.6 is 0 Å². The number of hydrogen-bond donors (Lipinski definition) is 0. The first kappa shape index (κ1) is 5.89. The number of rotatable bonds is 1. The zero-order chi connectivity index (χ0) is 7.35. The van der Waals surface area contributed by atoms with Gasteiger partial charge in [0.15, 0.2) is 0 Å². The minimum atomic E-state index is -0.258. The van der Waals surface area contributed by atoms with Crippen molar-refractivity contribution in [3.63, 3.8) is 0 Å². The van der Waals surface area contributed by atoms with Gasteiger partial charge in [-0.05, 0) is 6.42 Å². The number of hydrogen-bond acceptors (Lipinski definition) is 2. The van der Waals surface area contributed by atoms with Gasteiger partial charge in [0, 0.05) is 13.6 Å². The van der Waals surface area contributed by atoms with E-state index in [0.29, 0.717) is 6.54 Å². The third-order valence-electron chi connectivity index (χ3n) is 2.56. The smallest absolute Gasteiger partial charge is 0.226 e. The summed E-state index contributed by atoms with van der Waals surface area (Å²) in [4.78, 5) is 23.2. The van der Waals surface area contributed by atoms with E-state index in [2.05, 4.69) is 0 Å². The second-order valence-corrected chi connectivity index (χ2v) is 3.30. The Morgan fingerprint density at radius 3 is 2.80 bits per heavy atom. The molecule has 2 fully saturated rings. The number of fused-ring (bicyclic) bond motifs is 1. The van der Waals surface area contributed by atoms with Crippen molar-refractivity contribution < 1.29 is 9.59 Å². The van der Waals surface area contributed by atoms with Gasteiger partial charge in [-0.3, -0.25) is 4.79 Å². The largest absolute Gasteiger partial charge is 0.344 e. The number of aldehydes is 1. The van der Waals surface area contributed by atoms with Crippen molar-refractivity contribution in [1.82, 2.24) is 4.90 Å². The minimum Gasteiger partial charge on any atom is -0.344 e. The summed E-state index contributed by atoms with van der Waals surface area (Å²) in [6.45, 7) is 0.639. The van der Waals surface area contributed by atoms with Gasteiger partial charge in [0.2, 0.25) is 5.91 Å². The van der Waals surface area contributed by atoms with Crippen LogP contribution in [-0.4, -0.2) is 30.7 Å². The molecule has 10 heavy (non-hydrogen) atoms. The Hall–Kier alpha value is -0.860. The number of nitrogens with zero attached hydrogens (tertiary/aromatic N) is 1.